The zero-order chi connectivity index (χ0) is 15.8. The van der Waals surface area contributed by atoms with Gasteiger partial charge in [0, 0.05) is 37.3 Å². The average molecular weight is 327 g/mol. The molecule has 2 fully saturated rings. The fraction of sp³-hybridized carbons (Fsp3) is 0.875. The molecule has 22 heavy (non-hydrogen) atoms. The lowest BCUT2D eigenvalue weighted by atomic mass is 10.2. The van der Waals surface area contributed by atoms with E-state index in [1.54, 1.807) is 0 Å². The second-order valence-electron chi connectivity index (χ2n) is 6.11. The van der Waals surface area contributed by atoms with Gasteiger partial charge in [0.1, 0.15) is 0 Å². The predicted octanol–water partition coefficient (Wildman–Crippen LogP) is 1.84. The molecule has 1 aliphatic carbocycles. The molecule has 1 aliphatic heterocycles. The Morgan fingerprint density at radius 3 is 2.73 bits per heavy atom. The summed E-state index contributed by atoms with van der Waals surface area (Å²) in [6.45, 7) is 5.36. The van der Waals surface area contributed by atoms with Gasteiger partial charge in [-0.05, 0) is 45.3 Å². The van der Waals surface area contributed by atoms with Crippen molar-refractivity contribution in [2.24, 2.45) is 4.99 Å². The second kappa shape index (κ2) is 9.28. The minimum atomic E-state index is 0.250. The maximum absolute atomic E-state index is 12.0. The zero-order valence-electron chi connectivity index (χ0n) is 13.9. The van der Waals surface area contributed by atoms with E-state index >= 15 is 0 Å². The standard InChI is InChI=1S/C16H30N4OS/c1-3-17-16(19-13-6-7-14(12-13)22-2)18-9-8-15(21)20-10-4-5-11-20/h13-14H,3-12H2,1-2H3,(H2,17,18,19). The number of carbonyl (C=O) groups excluding carboxylic acids is 1. The molecule has 0 spiro atoms. The van der Waals surface area contributed by atoms with Crippen molar-refractivity contribution < 1.29 is 4.79 Å². The third-order valence-electron chi connectivity index (χ3n) is 4.46. The number of amides is 1. The Balaban J connectivity index is 1.75. The first-order valence-corrected chi connectivity index (χ1v) is 9.87. The molecule has 2 N–H and O–H groups in total. The maximum Gasteiger partial charge on any atom is 0.224 e. The largest absolute Gasteiger partial charge is 0.357 e. The lowest BCUT2D eigenvalue weighted by Crippen LogP contribution is -2.42. The Kier molecular flexibility index (Phi) is 7.36. The van der Waals surface area contributed by atoms with Crippen LogP contribution in [0.2, 0.25) is 0 Å². The van der Waals surface area contributed by atoms with Crippen molar-refractivity contribution in [3.63, 3.8) is 0 Å². The van der Waals surface area contributed by atoms with Gasteiger partial charge < -0.3 is 15.5 Å². The lowest BCUT2D eigenvalue weighted by molar-refractivity contribution is -0.129. The molecule has 0 radical (unpaired) electrons. The van der Waals surface area contributed by atoms with E-state index in [0.29, 0.717) is 19.0 Å². The highest BCUT2D eigenvalue weighted by Crippen LogP contribution is 2.27. The summed E-state index contributed by atoms with van der Waals surface area (Å²) < 4.78 is 0. The SMILES string of the molecule is CCNC(=NCCC(=O)N1CCCC1)NC1CCC(SC)C1. The molecule has 0 aromatic carbocycles. The van der Waals surface area contributed by atoms with E-state index < -0.39 is 0 Å². The van der Waals surface area contributed by atoms with Gasteiger partial charge in [-0.25, -0.2) is 0 Å². The minimum Gasteiger partial charge on any atom is -0.357 e. The number of hydrogen-bond donors (Lipinski definition) is 2. The predicted molar refractivity (Wildman–Crippen MR) is 94.5 cm³/mol. The van der Waals surface area contributed by atoms with Gasteiger partial charge in [0.25, 0.3) is 0 Å². The summed E-state index contributed by atoms with van der Waals surface area (Å²) in [5, 5.41) is 7.59. The van der Waals surface area contributed by atoms with Gasteiger partial charge in [-0.2, -0.15) is 11.8 Å². The Labute approximate surface area is 138 Å². The first kappa shape index (κ1) is 17.4. The number of carbonyl (C=O) groups is 1. The Morgan fingerprint density at radius 2 is 2.09 bits per heavy atom. The molecule has 2 atom stereocenters. The molecule has 6 heteroatoms. The van der Waals surface area contributed by atoms with Crippen LogP contribution in [-0.4, -0.2) is 60.5 Å². The second-order valence-corrected chi connectivity index (χ2v) is 7.25. The summed E-state index contributed by atoms with van der Waals surface area (Å²) in [4.78, 5) is 18.6. The third-order valence-corrected chi connectivity index (χ3v) is 5.55. The number of rotatable bonds is 6. The van der Waals surface area contributed by atoms with Gasteiger partial charge in [0.2, 0.25) is 5.91 Å². The van der Waals surface area contributed by atoms with Crippen molar-refractivity contribution in [2.45, 2.75) is 56.7 Å². The molecule has 1 saturated carbocycles. The van der Waals surface area contributed by atoms with E-state index in [4.69, 9.17) is 0 Å². The molecule has 5 nitrogen and oxygen atoms in total. The van der Waals surface area contributed by atoms with E-state index in [2.05, 4.69) is 28.8 Å². The quantitative estimate of drug-likeness (QED) is 0.578. The number of nitrogens with one attached hydrogen (secondary N) is 2. The number of aliphatic imine (C=N–C) groups is 1. The van der Waals surface area contributed by atoms with Crippen LogP contribution in [0.3, 0.4) is 0 Å². The monoisotopic (exact) mass is 326 g/mol. The summed E-state index contributed by atoms with van der Waals surface area (Å²) in [6, 6.07) is 0.518. The van der Waals surface area contributed by atoms with Crippen LogP contribution >= 0.6 is 11.8 Å². The lowest BCUT2D eigenvalue weighted by Gasteiger charge is -2.18. The molecule has 1 heterocycles. The molecule has 0 aromatic rings. The van der Waals surface area contributed by atoms with Crippen LogP contribution in [0.25, 0.3) is 0 Å². The van der Waals surface area contributed by atoms with E-state index in [1.165, 1.54) is 19.3 Å². The molecule has 126 valence electrons. The van der Waals surface area contributed by atoms with Crippen LogP contribution in [0.4, 0.5) is 0 Å². The Morgan fingerprint density at radius 1 is 1.32 bits per heavy atom. The zero-order valence-corrected chi connectivity index (χ0v) is 14.8. The summed E-state index contributed by atoms with van der Waals surface area (Å²) in [5.74, 6) is 1.11. The molecule has 2 unspecified atom stereocenters. The average Bonchev–Trinajstić information content (AvgIpc) is 3.18. The molecule has 2 aliphatic rings. The minimum absolute atomic E-state index is 0.250. The summed E-state index contributed by atoms with van der Waals surface area (Å²) in [6.07, 6.45) is 8.71. The summed E-state index contributed by atoms with van der Waals surface area (Å²) >= 11 is 1.96. The topological polar surface area (TPSA) is 56.7 Å². The Bertz CT molecular complexity index is 382. The smallest absolute Gasteiger partial charge is 0.224 e. The van der Waals surface area contributed by atoms with Crippen molar-refractivity contribution in [2.75, 3.05) is 32.4 Å². The molecular formula is C16H30N4OS. The van der Waals surface area contributed by atoms with Crippen molar-refractivity contribution in [3.8, 4) is 0 Å². The molecule has 1 amide bonds. The van der Waals surface area contributed by atoms with Crippen LogP contribution in [0.15, 0.2) is 4.99 Å². The normalized spacial score (nSPS) is 25.5. The fourth-order valence-corrected chi connectivity index (χ4v) is 3.98. The molecule has 1 saturated heterocycles. The van der Waals surface area contributed by atoms with Crippen LogP contribution in [0.1, 0.15) is 45.4 Å². The van der Waals surface area contributed by atoms with Crippen LogP contribution in [0, 0.1) is 0 Å². The molecular weight excluding hydrogens is 296 g/mol. The highest BCUT2D eigenvalue weighted by atomic mass is 32.2. The summed E-state index contributed by atoms with van der Waals surface area (Å²) in [5.41, 5.74) is 0. The van der Waals surface area contributed by atoms with Crippen LogP contribution in [0.5, 0.6) is 0 Å². The maximum atomic E-state index is 12.0. The number of hydrogen-bond acceptors (Lipinski definition) is 3. The van der Waals surface area contributed by atoms with Crippen LogP contribution < -0.4 is 10.6 Å². The number of guanidine groups is 1. The van der Waals surface area contributed by atoms with Crippen molar-refractivity contribution in [1.29, 1.82) is 0 Å². The van der Waals surface area contributed by atoms with Crippen molar-refractivity contribution in [1.82, 2.24) is 15.5 Å². The van der Waals surface area contributed by atoms with Gasteiger partial charge in [-0.1, -0.05) is 0 Å². The fourth-order valence-electron chi connectivity index (χ4n) is 3.19. The number of likely N-dealkylation sites (tertiary alicyclic amines) is 1. The van der Waals surface area contributed by atoms with E-state index in [0.717, 1.165) is 43.7 Å². The van der Waals surface area contributed by atoms with E-state index in [9.17, 15) is 4.79 Å². The third kappa shape index (κ3) is 5.38. The van der Waals surface area contributed by atoms with Gasteiger partial charge >= 0.3 is 0 Å². The molecule has 0 bridgehead atoms. The Hall–Kier alpha value is -0.910. The number of thioether (sulfide) groups is 1. The molecule has 0 aromatic heterocycles. The number of nitrogens with zero attached hydrogens (tertiary/aromatic N) is 2. The van der Waals surface area contributed by atoms with Crippen molar-refractivity contribution >= 4 is 23.6 Å². The highest BCUT2D eigenvalue weighted by molar-refractivity contribution is 7.99. The van der Waals surface area contributed by atoms with E-state index in [-0.39, 0.29) is 5.91 Å². The van der Waals surface area contributed by atoms with Gasteiger partial charge in [0.05, 0.1) is 6.54 Å². The van der Waals surface area contributed by atoms with Gasteiger partial charge in [-0.15, -0.1) is 0 Å². The van der Waals surface area contributed by atoms with Gasteiger partial charge in [0.15, 0.2) is 5.96 Å². The van der Waals surface area contributed by atoms with E-state index in [1.807, 2.05) is 16.7 Å². The highest BCUT2D eigenvalue weighted by Gasteiger charge is 2.24. The first-order chi connectivity index (χ1) is 10.7. The van der Waals surface area contributed by atoms with Crippen molar-refractivity contribution in [3.05, 3.63) is 0 Å². The first-order valence-electron chi connectivity index (χ1n) is 8.58. The molecule has 2 rings (SSSR count). The van der Waals surface area contributed by atoms with Crippen LogP contribution in [-0.2, 0) is 4.79 Å². The van der Waals surface area contributed by atoms with Gasteiger partial charge in [-0.3, -0.25) is 9.79 Å². The summed E-state index contributed by atoms with van der Waals surface area (Å²) in [7, 11) is 0.